The molecule has 0 amide bonds. The Morgan fingerprint density at radius 1 is 1.36 bits per heavy atom. The van der Waals surface area contributed by atoms with Crippen molar-refractivity contribution in [3.8, 4) is 11.5 Å². The van der Waals surface area contributed by atoms with Gasteiger partial charge in [-0.05, 0) is 18.4 Å². The molecular weight excluding hydrogens is 308 g/mol. The summed E-state index contributed by atoms with van der Waals surface area (Å²) < 4.78 is 15.8. The van der Waals surface area contributed by atoms with Crippen molar-refractivity contribution >= 4 is 23.7 Å². The Hall–Kier alpha value is -2.42. The lowest BCUT2D eigenvalue weighted by Crippen LogP contribution is -2.11. The van der Waals surface area contributed by atoms with Crippen LogP contribution in [0, 0.1) is 0 Å². The molecule has 1 aromatic carbocycles. The van der Waals surface area contributed by atoms with Crippen LogP contribution in [0.2, 0.25) is 0 Å². The number of hydrogen-bond acceptors (Lipinski definition) is 8. The van der Waals surface area contributed by atoms with Crippen LogP contribution in [0.25, 0.3) is 0 Å². The van der Waals surface area contributed by atoms with Crippen LogP contribution in [0.4, 0.5) is 5.95 Å². The Bertz CT molecular complexity index is 718. The average molecular weight is 322 g/mol. The smallest absolute Gasteiger partial charge is 0.344 e. The lowest BCUT2D eigenvalue weighted by molar-refractivity contribution is 0.0434. The molecule has 9 heteroatoms. The third-order valence-electron chi connectivity index (χ3n) is 3.20. The second-order valence-corrected chi connectivity index (χ2v) is 5.14. The van der Waals surface area contributed by atoms with Gasteiger partial charge < -0.3 is 19.5 Å². The number of aromatic amines is 1. The van der Waals surface area contributed by atoms with Crippen molar-refractivity contribution in [3.05, 3.63) is 23.3 Å². The zero-order chi connectivity index (χ0) is 15.7. The van der Waals surface area contributed by atoms with Gasteiger partial charge in [0, 0.05) is 5.56 Å². The number of aromatic nitrogens is 3. The maximum Gasteiger partial charge on any atom is 0.344 e. The van der Waals surface area contributed by atoms with Crippen LogP contribution in [0.1, 0.15) is 22.1 Å². The molecule has 0 aliphatic carbocycles. The van der Waals surface area contributed by atoms with Crippen molar-refractivity contribution in [2.24, 2.45) is 0 Å². The number of carbonyl (C=O) groups is 1. The summed E-state index contributed by atoms with van der Waals surface area (Å²) >= 11 is 1.41. The van der Waals surface area contributed by atoms with Crippen LogP contribution in [-0.4, -0.2) is 41.6 Å². The summed E-state index contributed by atoms with van der Waals surface area (Å²) in [5.74, 6) is 0.775. The minimum atomic E-state index is -0.662. The van der Waals surface area contributed by atoms with Crippen molar-refractivity contribution in [2.45, 2.75) is 11.4 Å². The minimum Gasteiger partial charge on any atom is -0.493 e. The molecule has 0 unspecified atom stereocenters. The molecule has 0 saturated heterocycles. The molecule has 8 nitrogen and oxygen atoms in total. The molecule has 0 radical (unpaired) electrons. The second kappa shape index (κ2) is 5.76. The molecule has 3 rings (SSSR count). The molecule has 1 aromatic heterocycles. The zero-order valence-electron chi connectivity index (χ0n) is 12.2. The summed E-state index contributed by atoms with van der Waals surface area (Å²) in [6, 6.07) is 3.48. The van der Waals surface area contributed by atoms with E-state index in [0.717, 1.165) is 0 Å². The van der Waals surface area contributed by atoms with Gasteiger partial charge in [0.1, 0.15) is 5.56 Å². The molecule has 0 fully saturated rings. The summed E-state index contributed by atoms with van der Waals surface area (Å²) in [7, 11) is 2.99. The van der Waals surface area contributed by atoms with Crippen LogP contribution >= 0.6 is 11.8 Å². The molecule has 2 heterocycles. The lowest BCUT2D eigenvalue weighted by Gasteiger charge is -2.12. The van der Waals surface area contributed by atoms with Crippen molar-refractivity contribution in [1.29, 1.82) is 0 Å². The van der Waals surface area contributed by atoms with E-state index in [-0.39, 0.29) is 0 Å². The van der Waals surface area contributed by atoms with Crippen LogP contribution in [0.15, 0.2) is 17.3 Å². The number of esters is 1. The fourth-order valence-corrected chi connectivity index (χ4v) is 2.55. The normalized spacial score (nSPS) is 16.1. The highest BCUT2D eigenvalue weighted by Gasteiger charge is 2.36. The summed E-state index contributed by atoms with van der Waals surface area (Å²) in [6.45, 7) is 0. The van der Waals surface area contributed by atoms with Gasteiger partial charge in [-0.15, -0.1) is 5.10 Å². The molecule has 1 aliphatic heterocycles. The minimum absolute atomic E-state index is 0.351. The maximum absolute atomic E-state index is 12.1. The van der Waals surface area contributed by atoms with Crippen LogP contribution in [0.5, 0.6) is 11.5 Å². The average Bonchev–Trinajstić information content (AvgIpc) is 3.11. The molecule has 0 spiro atoms. The summed E-state index contributed by atoms with van der Waals surface area (Å²) in [5.41, 5.74) is 1.01. The van der Waals surface area contributed by atoms with Gasteiger partial charge in [-0.3, -0.25) is 0 Å². The zero-order valence-corrected chi connectivity index (χ0v) is 13.0. The van der Waals surface area contributed by atoms with E-state index in [2.05, 4.69) is 20.5 Å². The molecule has 0 saturated carbocycles. The topological polar surface area (TPSA) is 98.4 Å². The van der Waals surface area contributed by atoms with Gasteiger partial charge >= 0.3 is 5.97 Å². The van der Waals surface area contributed by atoms with E-state index >= 15 is 0 Å². The molecular formula is C13H14N4O4S. The Labute approximate surface area is 130 Å². The van der Waals surface area contributed by atoms with Crippen molar-refractivity contribution < 1.29 is 19.0 Å². The van der Waals surface area contributed by atoms with Crippen molar-refractivity contribution in [1.82, 2.24) is 15.2 Å². The van der Waals surface area contributed by atoms with Crippen LogP contribution < -0.4 is 14.8 Å². The standard InChI is InChI=1S/C13H14N4O4S/c1-19-7-5-4-6-8(9(7)20-2)11(18)21-10(6)14-12-15-13(22-3)17-16-12/h4-5,10H,1-3H3,(H2,14,15,16,17)/t10-/m1/s1. The van der Waals surface area contributed by atoms with Crippen molar-refractivity contribution in [3.63, 3.8) is 0 Å². The van der Waals surface area contributed by atoms with E-state index < -0.39 is 12.2 Å². The monoisotopic (exact) mass is 322 g/mol. The molecule has 1 atom stereocenters. The summed E-state index contributed by atoms with van der Waals surface area (Å²) in [6.07, 6.45) is 1.21. The van der Waals surface area contributed by atoms with Gasteiger partial charge in [0.05, 0.1) is 14.2 Å². The van der Waals surface area contributed by atoms with Gasteiger partial charge in [0.15, 0.2) is 11.5 Å². The third kappa shape index (κ3) is 2.33. The number of fused-ring (bicyclic) bond motifs is 1. The quantitative estimate of drug-likeness (QED) is 0.635. The molecule has 2 aromatic rings. The highest BCUT2D eigenvalue weighted by atomic mass is 32.2. The Kier molecular flexibility index (Phi) is 3.80. The number of anilines is 1. The number of methoxy groups -OCH3 is 2. The third-order valence-corrected chi connectivity index (χ3v) is 3.75. The molecule has 116 valence electrons. The van der Waals surface area contributed by atoms with E-state index in [1.165, 1.54) is 26.0 Å². The number of cyclic esters (lactones) is 1. The van der Waals surface area contributed by atoms with Crippen molar-refractivity contribution in [2.75, 3.05) is 25.8 Å². The highest BCUT2D eigenvalue weighted by molar-refractivity contribution is 7.98. The van der Waals surface area contributed by atoms with Crippen LogP contribution in [0.3, 0.4) is 0 Å². The van der Waals surface area contributed by atoms with Gasteiger partial charge in [0.2, 0.25) is 17.3 Å². The van der Waals surface area contributed by atoms with Gasteiger partial charge in [-0.1, -0.05) is 11.8 Å². The van der Waals surface area contributed by atoms with E-state index in [1.54, 1.807) is 12.1 Å². The predicted octanol–water partition coefficient (Wildman–Crippen LogP) is 1.82. The maximum atomic E-state index is 12.1. The lowest BCUT2D eigenvalue weighted by atomic mass is 10.1. The SMILES string of the molecule is COc1ccc2c(c1OC)C(=O)O[C@H]2Nc1nc(SC)n[nH]1. The first kappa shape index (κ1) is 14.5. The fraction of sp³-hybridized carbons (Fsp3) is 0.308. The van der Waals surface area contributed by atoms with Crippen LogP contribution in [-0.2, 0) is 4.74 Å². The number of H-pyrrole nitrogens is 1. The van der Waals surface area contributed by atoms with E-state index in [4.69, 9.17) is 14.2 Å². The van der Waals surface area contributed by atoms with E-state index in [0.29, 0.717) is 33.7 Å². The first-order valence-corrected chi connectivity index (χ1v) is 7.59. The van der Waals surface area contributed by atoms with Gasteiger partial charge in [-0.25, -0.2) is 9.89 Å². The number of hydrogen-bond donors (Lipinski definition) is 2. The number of nitrogens with one attached hydrogen (secondary N) is 2. The fourth-order valence-electron chi connectivity index (χ4n) is 2.23. The number of benzene rings is 1. The largest absolute Gasteiger partial charge is 0.493 e. The molecule has 1 aliphatic rings. The number of rotatable bonds is 5. The summed E-state index contributed by atoms with van der Waals surface area (Å²) in [5, 5.41) is 10.3. The molecule has 2 N–H and O–H groups in total. The highest BCUT2D eigenvalue weighted by Crippen LogP contribution is 2.41. The Balaban J connectivity index is 1.94. The summed E-state index contributed by atoms with van der Waals surface area (Å²) in [4.78, 5) is 16.3. The number of ether oxygens (including phenoxy) is 3. The Morgan fingerprint density at radius 2 is 2.18 bits per heavy atom. The predicted molar refractivity (Wildman–Crippen MR) is 79.5 cm³/mol. The molecule has 0 bridgehead atoms. The first-order chi connectivity index (χ1) is 10.7. The van der Waals surface area contributed by atoms with E-state index in [1.807, 2.05) is 6.26 Å². The van der Waals surface area contributed by atoms with E-state index in [9.17, 15) is 4.79 Å². The van der Waals surface area contributed by atoms with Gasteiger partial charge in [-0.2, -0.15) is 4.98 Å². The molecule has 22 heavy (non-hydrogen) atoms. The second-order valence-electron chi connectivity index (χ2n) is 4.37. The number of nitrogens with zero attached hydrogens (tertiary/aromatic N) is 2. The first-order valence-electron chi connectivity index (χ1n) is 6.36. The van der Waals surface area contributed by atoms with Gasteiger partial charge in [0.25, 0.3) is 0 Å². The number of carbonyl (C=O) groups excluding carboxylic acids is 1. The number of thioether (sulfide) groups is 1. The Morgan fingerprint density at radius 3 is 2.82 bits per heavy atom.